The molecule has 23 heavy (non-hydrogen) atoms. The van der Waals surface area contributed by atoms with Gasteiger partial charge in [-0.05, 0) is 50.2 Å². The van der Waals surface area contributed by atoms with E-state index in [2.05, 4.69) is 20.1 Å². The molecule has 0 atom stereocenters. The maximum Gasteiger partial charge on any atom is 0.139 e. The highest BCUT2D eigenvalue weighted by Gasteiger charge is 2.16. The summed E-state index contributed by atoms with van der Waals surface area (Å²) in [4.78, 5) is 6.88. The summed E-state index contributed by atoms with van der Waals surface area (Å²) in [5, 5.41) is 17.2. The van der Waals surface area contributed by atoms with Gasteiger partial charge >= 0.3 is 0 Å². The second kappa shape index (κ2) is 5.89. The van der Waals surface area contributed by atoms with Gasteiger partial charge in [-0.25, -0.2) is 4.98 Å². The summed E-state index contributed by atoms with van der Waals surface area (Å²) >= 11 is 0. The summed E-state index contributed by atoms with van der Waals surface area (Å²) in [6, 6.07) is 7.46. The lowest BCUT2D eigenvalue weighted by Crippen LogP contribution is -2.20. The van der Waals surface area contributed by atoms with Gasteiger partial charge in [-0.1, -0.05) is 0 Å². The Balaban J connectivity index is 1.70. The van der Waals surface area contributed by atoms with Crippen molar-refractivity contribution < 1.29 is 5.11 Å². The van der Waals surface area contributed by atoms with E-state index in [9.17, 15) is 5.11 Å². The Morgan fingerprint density at radius 3 is 2.78 bits per heavy atom. The Hall–Kier alpha value is -2.60. The first-order valence-corrected chi connectivity index (χ1v) is 7.89. The molecule has 0 spiro atoms. The van der Waals surface area contributed by atoms with Crippen LogP contribution in [0.2, 0.25) is 0 Å². The average Bonchev–Trinajstić information content (AvgIpc) is 3.31. The van der Waals surface area contributed by atoms with Crippen molar-refractivity contribution >= 4 is 0 Å². The fourth-order valence-electron chi connectivity index (χ4n) is 3.11. The highest BCUT2D eigenvalue weighted by Crippen LogP contribution is 2.28. The van der Waals surface area contributed by atoms with Gasteiger partial charge in [0, 0.05) is 24.2 Å². The maximum atomic E-state index is 10.3. The number of aromatic nitrogens is 4. The zero-order chi connectivity index (χ0) is 15.6. The third-order valence-corrected chi connectivity index (χ3v) is 4.33. The molecule has 2 aromatic heterocycles. The first-order chi connectivity index (χ1) is 11.3. The summed E-state index contributed by atoms with van der Waals surface area (Å²) in [6.07, 6.45) is 7.91. The molecule has 0 unspecified atom stereocenters. The van der Waals surface area contributed by atoms with Gasteiger partial charge in [0.15, 0.2) is 0 Å². The topological polar surface area (TPSA) is 70.0 Å². The standard InChI is InChI=1S/C17H19N5O/c23-16-4-3-13(14-5-6-19-20-14)11-15(16)22-10-7-18-17(22)12-21-8-1-2-9-21/h3-7,10-11,23H,1-2,8-9,12H2,(H,19,20). The van der Waals surface area contributed by atoms with Gasteiger partial charge in [0.2, 0.25) is 0 Å². The lowest BCUT2D eigenvalue weighted by Gasteiger charge is -2.16. The summed E-state index contributed by atoms with van der Waals surface area (Å²) in [5.74, 6) is 1.19. The van der Waals surface area contributed by atoms with Crippen molar-refractivity contribution in [2.45, 2.75) is 19.4 Å². The van der Waals surface area contributed by atoms with Gasteiger partial charge in [-0.15, -0.1) is 0 Å². The van der Waals surface area contributed by atoms with Gasteiger partial charge in [-0.2, -0.15) is 5.10 Å². The van der Waals surface area contributed by atoms with Gasteiger partial charge in [-0.3, -0.25) is 14.6 Å². The van der Waals surface area contributed by atoms with Crippen LogP contribution in [-0.4, -0.2) is 42.8 Å². The van der Waals surface area contributed by atoms with Crippen LogP contribution in [0.3, 0.4) is 0 Å². The summed E-state index contributed by atoms with van der Waals surface area (Å²) in [6.45, 7) is 3.04. The monoisotopic (exact) mass is 309 g/mol. The van der Waals surface area contributed by atoms with E-state index in [1.165, 1.54) is 12.8 Å². The van der Waals surface area contributed by atoms with Crippen LogP contribution in [-0.2, 0) is 6.54 Å². The van der Waals surface area contributed by atoms with Gasteiger partial charge in [0.1, 0.15) is 11.6 Å². The zero-order valence-electron chi connectivity index (χ0n) is 12.8. The number of rotatable bonds is 4. The lowest BCUT2D eigenvalue weighted by molar-refractivity contribution is 0.320. The molecule has 1 aliphatic heterocycles. The summed E-state index contributed by atoms with van der Waals surface area (Å²) in [5.41, 5.74) is 2.65. The van der Waals surface area contributed by atoms with E-state index in [1.807, 2.05) is 29.0 Å². The molecule has 2 N–H and O–H groups in total. The molecular formula is C17H19N5O. The van der Waals surface area contributed by atoms with Crippen molar-refractivity contribution in [2.75, 3.05) is 13.1 Å². The van der Waals surface area contributed by atoms with Crippen LogP contribution in [0.15, 0.2) is 42.9 Å². The molecule has 0 amide bonds. The molecule has 6 heteroatoms. The fourth-order valence-corrected chi connectivity index (χ4v) is 3.11. The molecular weight excluding hydrogens is 290 g/mol. The van der Waals surface area contributed by atoms with Crippen LogP contribution in [0.5, 0.6) is 5.75 Å². The SMILES string of the molecule is Oc1ccc(-c2ccn[nH]2)cc1-n1ccnc1CN1CCCC1. The number of aromatic hydroxyl groups is 1. The number of benzene rings is 1. The van der Waals surface area contributed by atoms with Crippen LogP contribution >= 0.6 is 0 Å². The van der Waals surface area contributed by atoms with Crippen molar-refractivity contribution in [3.8, 4) is 22.7 Å². The zero-order valence-corrected chi connectivity index (χ0v) is 12.8. The minimum absolute atomic E-state index is 0.244. The fraction of sp³-hybridized carbons (Fsp3) is 0.294. The predicted molar refractivity (Wildman–Crippen MR) is 87.3 cm³/mol. The van der Waals surface area contributed by atoms with Crippen LogP contribution in [0.25, 0.3) is 16.9 Å². The molecule has 0 aliphatic carbocycles. The van der Waals surface area contributed by atoms with E-state index < -0.39 is 0 Å². The van der Waals surface area contributed by atoms with E-state index in [0.717, 1.165) is 42.4 Å². The number of phenols is 1. The molecule has 1 saturated heterocycles. The minimum Gasteiger partial charge on any atom is -0.506 e. The lowest BCUT2D eigenvalue weighted by atomic mass is 10.1. The van der Waals surface area contributed by atoms with Crippen molar-refractivity contribution in [2.24, 2.45) is 0 Å². The number of hydrogen-bond acceptors (Lipinski definition) is 4. The number of H-pyrrole nitrogens is 1. The number of aromatic amines is 1. The van der Waals surface area contributed by atoms with E-state index >= 15 is 0 Å². The maximum absolute atomic E-state index is 10.3. The molecule has 1 aromatic carbocycles. The Labute approximate surface area is 134 Å². The molecule has 0 radical (unpaired) electrons. The minimum atomic E-state index is 0.244. The Morgan fingerprint density at radius 2 is 2.00 bits per heavy atom. The number of nitrogens with one attached hydrogen (secondary N) is 1. The van der Waals surface area contributed by atoms with Gasteiger partial charge in [0.05, 0.1) is 17.9 Å². The summed E-state index contributed by atoms with van der Waals surface area (Å²) in [7, 11) is 0. The van der Waals surface area contributed by atoms with Crippen molar-refractivity contribution in [1.29, 1.82) is 0 Å². The van der Waals surface area contributed by atoms with E-state index in [0.29, 0.717) is 0 Å². The molecule has 4 rings (SSSR count). The van der Waals surface area contributed by atoms with Crippen molar-refractivity contribution in [3.63, 3.8) is 0 Å². The number of phenolic OH excluding ortho intramolecular Hbond substituents is 1. The third-order valence-electron chi connectivity index (χ3n) is 4.33. The van der Waals surface area contributed by atoms with Crippen LogP contribution < -0.4 is 0 Å². The highest BCUT2D eigenvalue weighted by atomic mass is 16.3. The quantitative estimate of drug-likeness (QED) is 0.777. The molecule has 3 aromatic rings. The van der Waals surface area contributed by atoms with E-state index in [1.54, 1.807) is 18.5 Å². The summed E-state index contributed by atoms with van der Waals surface area (Å²) < 4.78 is 1.97. The first-order valence-electron chi connectivity index (χ1n) is 7.89. The Kier molecular flexibility index (Phi) is 3.59. The number of likely N-dealkylation sites (tertiary alicyclic amines) is 1. The Morgan fingerprint density at radius 1 is 1.13 bits per heavy atom. The predicted octanol–water partition coefficient (Wildman–Crippen LogP) is 2.56. The second-order valence-electron chi connectivity index (χ2n) is 5.87. The second-order valence-corrected chi connectivity index (χ2v) is 5.87. The van der Waals surface area contributed by atoms with E-state index in [-0.39, 0.29) is 5.75 Å². The molecule has 0 bridgehead atoms. The smallest absolute Gasteiger partial charge is 0.139 e. The third kappa shape index (κ3) is 2.73. The van der Waals surface area contributed by atoms with Gasteiger partial charge in [0.25, 0.3) is 0 Å². The molecule has 0 saturated carbocycles. The molecule has 6 nitrogen and oxygen atoms in total. The normalized spacial score (nSPS) is 15.3. The Bertz CT molecular complexity index is 787. The van der Waals surface area contributed by atoms with E-state index in [4.69, 9.17) is 0 Å². The largest absolute Gasteiger partial charge is 0.506 e. The van der Waals surface area contributed by atoms with Gasteiger partial charge < -0.3 is 5.11 Å². The molecule has 1 fully saturated rings. The average molecular weight is 309 g/mol. The number of nitrogens with zero attached hydrogens (tertiary/aromatic N) is 4. The molecule has 1 aliphatic rings. The molecule has 118 valence electrons. The highest BCUT2D eigenvalue weighted by molar-refractivity contribution is 5.65. The van der Waals surface area contributed by atoms with Crippen LogP contribution in [0, 0.1) is 0 Å². The van der Waals surface area contributed by atoms with Crippen molar-refractivity contribution in [1.82, 2.24) is 24.6 Å². The van der Waals surface area contributed by atoms with Crippen LogP contribution in [0.4, 0.5) is 0 Å². The van der Waals surface area contributed by atoms with Crippen molar-refractivity contribution in [3.05, 3.63) is 48.7 Å². The number of hydrogen-bond donors (Lipinski definition) is 2. The first kappa shape index (κ1) is 14.0. The van der Waals surface area contributed by atoms with Crippen LogP contribution in [0.1, 0.15) is 18.7 Å². The number of imidazole rings is 1. The molecule has 3 heterocycles.